The average Bonchev–Trinajstić information content (AvgIpc) is 2.83. The molecule has 2 rings (SSSR count). The number of carboxylic acids is 1. The molecule has 0 unspecified atom stereocenters. The van der Waals surface area contributed by atoms with Crippen molar-refractivity contribution >= 4 is 24.7 Å². The van der Waals surface area contributed by atoms with Crippen LogP contribution < -0.4 is 10.7 Å². The molecule has 1 aliphatic rings. The third-order valence-corrected chi connectivity index (χ3v) is 4.13. The fourth-order valence-electron chi connectivity index (χ4n) is 2.15. The molecule has 8 nitrogen and oxygen atoms in total. The molecule has 5 N–H and O–H groups in total. The van der Waals surface area contributed by atoms with Gasteiger partial charge in [0.25, 0.3) is 0 Å². The van der Waals surface area contributed by atoms with E-state index in [-0.39, 0.29) is 18.3 Å². The summed E-state index contributed by atoms with van der Waals surface area (Å²) in [6.45, 7) is 0. The van der Waals surface area contributed by atoms with Crippen molar-refractivity contribution in [2.75, 3.05) is 5.01 Å². The molecule has 0 fully saturated rings. The Balaban J connectivity index is 2.28. The van der Waals surface area contributed by atoms with Crippen molar-refractivity contribution in [3.63, 3.8) is 0 Å². The van der Waals surface area contributed by atoms with Crippen molar-refractivity contribution < 1.29 is 24.3 Å². The van der Waals surface area contributed by atoms with Crippen LogP contribution in [0.1, 0.15) is 12.8 Å². The molecule has 9 heteroatoms. The number of hydrogen-bond donors (Lipinski definition) is 4. The molecule has 0 saturated heterocycles. The fourth-order valence-corrected chi connectivity index (χ4v) is 2.81. The summed E-state index contributed by atoms with van der Waals surface area (Å²) < 4.78 is 11.4. The minimum Gasteiger partial charge on any atom is -0.480 e. The lowest BCUT2D eigenvalue weighted by atomic mass is 10.0. The van der Waals surface area contributed by atoms with E-state index in [2.05, 4.69) is 5.10 Å². The van der Waals surface area contributed by atoms with Crippen LogP contribution >= 0.6 is 7.60 Å². The van der Waals surface area contributed by atoms with E-state index >= 15 is 0 Å². The van der Waals surface area contributed by atoms with Crippen LogP contribution in [0.3, 0.4) is 0 Å². The first-order valence-corrected chi connectivity index (χ1v) is 7.86. The van der Waals surface area contributed by atoms with E-state index in [0.29, 0.717) is 5.69 Å². The number of anilines is 1. The highest BCUT2D eigenvalue weighted by atomic mass is 31.2. The molecule has 1 aliphatic heterocycles. The Kier molecular flexibility index (Phi) is 4.43. The number of carbonyl (C=O) groups is 1. The van der Waals surface area contributed by atoms with Gasteiger partial charge in [-0.05, 0) is 18.6 Å². The summed E-state index contributed by atoms with van der Waals surface area (Å²) >= 11 is 0. The van der Waals surface area contributed by atoms with Crippen molar-refractivity contribution in [1.82, 2.24) is 0 Å². The topological polar surface area (TPSA) is 136 Å². The predicted octanol–water partition coefficient (Wildman–Crippen LogP) is 0.558. The molecule has 0 bridgehead atoms. The van der Waals surface area contributed by atoms with E-state index in [1.807, 2.05) is 0 Å². The van der Waals surface area contributed by atoms with Gasteiger partial charge in [-0.2, -0.15) is 5.10 Å². The second-order valence-electron chi connectivity index (χ2n) is 4.78. The number of carboxylic acid groups (broad SMARTS) is 1. The molecule has 0 amide bonds. The zero-order valence-corrected chi connectivity index (χ0v) is 11.9. The number of aliphatic carboxylic acids is 1. The average molecular weight is 313 g/mol. The summed E-state index contributed by atoms with van der Waals surface area (Å²) in [6, 6.07) is 7.15. The van der Waals surface area contributed by atoms with Crippen molar-refractivity contribution in [1.29, 1.82) is 0 Å². The molecule has 1 aromatic rings. The van der Waals surface area contributed by atoms with Crippen LogP contribution in [0.25, 0.3) is 0 Å². The molecule has 0 spiro atoms. The highest BCUT2D eigenvalue weighted by Crippen LogP contribution is 2.43. The van der Waals surface area contributed by atoms with Gasteiger partial charge in [0.05, 0.1) is 11.7 Å². The highest BCUT2D eigenvalue weighted by molar-refractivity contribution is 7.70. The zero-order valence-electron chi connectivity index (χ0n) is 11.0. The van der Waals surface area contributed by atoms with Crippen LogP contribution in [0.15, 0.2) is 35.4 Å². The minimum absolute atomic E-state index is 0.0137. The van der Waals surface area contributed by atoms with E-state index in [9.17, 15) is 19.1 Å². The molecule has 0 radical (unpaired) electrons. The van der Waals surface area contributed by atoms with Gasteiger partial charge in [-0.25, -0.2) is 0 Å². The molecule has 2 atom stereocenters. The smallest absolute Gasteiger partial charge is 0.372 e. The molecule has 1 heterocycles. The second-order valence-corrected chi connectivity index (χ2v) is 6.38. The van der Waals surface area contributed by atoms with E-state index in [0.717, 1.165) is 0 Å². The summed E-state index contributed by atoms with van der Waals surface area (Å²) in [7, 11) is -4.46. The third-order valence-electron chi connectivity index (χ3n) is 3.19. The lowest BCUT2D eigenvalue weighted by Crippen LogP contribution is -2.38. The number of rotatable bonds is 5. The fraction of sp³-hybridized carbons (Fsp3) is 0.333. The maximum atomic E-state index is 11.4. The second kappa shape index (κ2) is 5.95. The van der Waals surface area contributed by atoms with Crippen LogP contribution in [0.5, 0.6) is 0 Å². The Morgan fingerprint density at radius 3 is 2.57 bits per heavy atom. The van der Waals surface area contributed by atoms with Gasteiger partial charge in [0.15, 0.2) is 5.45 Å². The summed E-state index contributed by atoms with van der Waals surface area (Å²) in [5.41, 5.74) is 5.89. The molecule has 0 aromatic heterocycles. The number of nitrogens with zero attached hydrogens (tertiary/aromatic N) is 2. The molecule has 0 saturated carbocycles. The summed E-state index contributed by atoms with van der Waals surface area (Å²) in [5, 5.41) is 14.3. The van der Waals surface area contributed by atoms with Gasteiger partial charge in [-0.15, -0.1) is 0 Å². The number of para-hydroxylation sites is 1. The monoisotopic (exact) mass is 313 g/mol. The van der Waals surface area contributed by atoms with E-state index < -0.39 is 25.6 Å². The van der Waals surface area contributed by atoms with Gasteiger partial charge in [0, 0.05) is 6.42 Å². The lowest BCUT2D eigenvalue weighted by Gasteiger charge is -2.24. The highest BCUT2D eigenvalue weighted by Gasteiger charge is 2.37. The maximum Gasteiger partial charge on any atom is 0.372 e. The normalized spacial score (nSPS) is 20.2. The van der Waals surface area contributed by atoms with Crippen LogP contribution in [-0.4, -0.2) is 38.4 Å². The lowest BCUT2D eigenvalue weighted by molar-refractivity contribution is -0.138. The largest absolute Gasteiger partial charge is 0.480 e. The van der Waals surface area contributed by atoms with Crippen molar-refractivity contribution in [3.8, 4) is 0 Å². The number of hydrogen-bond acceptors (Lipinski definition) is 5. The van der Waals surface area contributed by atoms with Gasteiger partial charge in [-0.1, -0.05) is 18.2 Å². The van der Waals surface area contributed by atoms with Crippen LogP contribution in [-0.2, 0) is 9.36 Å². The van der Waals surface area contributed by atoms with Crippen LogP contribution in [0, 0.1) is 0 Å². The Labute approximate surface area is 121 Å². The van der Waals surface area contributed by atoms with E-state index in [4.69, 9.17) is 10.8 Å². The van der Waals surface area contributed by atoms with E-state index in [1.54, 1.807) is 30.3 Å². The molecular formula is C12H16N3O5P. The number of hydrazone groups is 1. The van der Waals surface area contributed by atoms with Gasteiger partial charge < -0.3 is 20.6 Å². The first-order valence-electron chi connectivity index (χ1n) is 6.25. The van der Waals surface area contributed by atoms with Crippen LogP contribution in [0.2, 0.25) is 0 Å². The quantitative estimate of drug-likeness (QED) is 0.583. The van der Waals surface area contributed by atoms with Crippen molar-refractivity contribution in [2.45, 2.75) is 24.9 Å². The number of benzene rings is 1. The molecule has 0 aliphatic carbocycles. The standard InChI is InChI=1S/C12H16N3O5P/c13-10(12(16)17)6-9-7-11(21(18,19)20)14-15(9)8-4-2-1-3-5-8/h1-5,9-10H,6-7,13H2,(H,16,17)(H2,18,19,20)/t9-,10-/m1/s1. The molecule has 114 valence electrons. The molecular weight excluding hydrogens is 297 g/mol. The SMILES string of the molecule is N[C@H](C[C@@H]1CC(P(=O)(O)O)=NN1c1ccccc1)C(=O)O. The Morgan fingerprint density at radius 1 is 1.43 bits per heavy atom. The Morgan fingerprint density at radius 2 is 2.05 bits per heavy atom. The zero-order chi connectivity index (χ0) is 15.6. The summed E-state index contributed by atoms with van der Waals surface area (Å²) in [4.78, 5) is 29.4. The molecule has 1 aromatic carbocycles. The van der Waals surface area contributed by atoms with Gasteiger partial charge >= 0.3 is 13.6 Å². The molecule has 21 heavy (non-hydrogen) atoms. The van der Waals surface area contributed by atoms with Crippen molar-refractivity contribution in [2.24, 2.45) is 10.8 Å². The summed E-state index contributed by atoms with van der Waals surface area (Å²) in [5.74, 6) is -1.16. The maximum absolute atomic E-state index is 11.4. The number of nitrogens with two attached hydrogens (primary N) is 1. The van der Waals surface area contributed by atoms with Gasteiger partial charge in [0.2, 0.25) is 0 Å². The van der Waals surface area contributed by atoms with Crippen LogP contribution in [0.4, 0.5) is 5.69 Å². The minimum atomic E-state index is -4.46. The summed E-state index contributed by atoms with van der Waals surface area (Å²) in [6.07, 6.45) is 0.0252. The first kappa shape index (κ1) is 15.7. The van der Waals surface area contributed by atoms with Gasteiger partial charge in [-0.3, -0.25) is 14.4 Å². The van der Waals surface area contributed by atoms with Gasteiger partial charge in [0.1, 0.15) is 6.04 Å². The third kappa shape index (κ3) is 3.68. The van der Waals surface area contributed by atoms with E-state index in [1.165, 1.54) is 5.01 Å². The van der Waals surface area contributed by atoms with Crippen molar-refractivity contribution in [3.05, 3.63) is 30.3 Å². The first-order chi connectivity index (χ1) is 9.79. The predicted molar refractivity (Wildman–Crippen MR) is 77.0 cm³/mol. The Hall–Kier alpha value is -1.73. The Bertz CT molecular complexity index is 600.